The highest BCUT2D eigenvalue weighted by Crippen LogP contribution is 2.12. The van der Waals surface area contributed by atoms with E-state index in [1.165, 1.54) is 12.1 Å². The van der Waals surface area contributed by atoms with E-state index >= 15 is 0 Å². The molecule has 9 heteroatoms. The van der Waals surface area contributed by atoms with Crippen molar-refractivity contribution in [3.05, 3.63) is 56.0 Å². The molecule has 0 aliphatic carbocycles. The lowest BCUT2D eigenvalue weighted by Crippen LogP contribution is -2.16. The lowest BCUT2D eigenvalue weighted by atomic mass is 10.1. The summed E-state index contributed by atoms with van der Waals surface area (Å²) in [6.07, 6.45) is 0. The number of non-ortho nitro benzene ring substituents is 1. The van der Waals surface area contributed by atoms with E-state index in [1.807, 2.05) is 0 Å². The van der Waals surface area contributed by atoms with Gasteiger partial charge in [0.2, 0.25) is 5.95 Å². The molecule has 108 valence electrons. The van der Waals surface area contributed by atoms with Crippen LogP contribution in [0.2, 0.25) is 0 Å². The minimum atomic E-state index is -0.471. The summed E-state index contributed by atoms with van der Waals surface area (Å²) in [6.45, 7) is 3.26. The fraction of sp³-hybridized carbons (Fsp3) is 0.167. The predicted octanol–water partition coefficient (Wildman–Crippen LogP) is 1.22. The van der Waals surface area contributed by atoms with Crippen molar-refractivity contribution in [2.45, 2.75) is 13.8 Å². The lowest BCUT2D eigenvalue weighted by Gasteiger charge is -2.02. The van der Waals surface area contributed by atoms with Gasteiger partial charge in [0.1, 0.15) is 5.69 Å². The van der Waals surface area contributed by atoms with E-state index in [1.54, 1.807) is 26.0 Å². The van der Waals surface area contributed by atoms with Gasteiger partial charge in [-0.25, -0.2) is 5.43 Å². The number of rotatable bonds is 4. The number of aromatic amines is 1. The number of hydrazone groups is 1. The zero-order chi connectivity index (χ0) is 15.4. The molecule has 2 aromatic rings. The van der Waals surface area contributed by atoms with Gasteiger partial charge in [0.25, 0.3) is 11.2 Å². The van der Waals surface area contributed by atoms with Gasteiger partial charge in [0.05, 0.1) is 10.6 Å². The van der Waals surface area contributed by atoms with Crippen LogP contribution < -0.4 is 11.0 Å². The van der Waals surface area contributed by atoms with Gasteiger partial charge in [-0.2, -0.15) is 5.10 Å². The van der Waals surface area contributed by atoms with Crippen molar-refractivity contribution in [1.29, 1.82) is 0 Å². The molecular weight excluding hydrogens is 276 g/mol. The third kappa shape index (κ3) is 3.47. The van der Waals surface area contributed by atoms with Gasteiger partial charge in [-0.15, -0.1) is 10.2 Å². The lowest BCUT2D eigenvalue weighted by molar-refractivity contribution is -0.384. The molecule has 0 unspecified atom stereocenters. The molecule has 9 nitrogen and oxygen atoms in total. The maximum absolute atomic E-state index is 11.3. The van der Waals surface area contributed by atoms with Gasteiger partial charge < -0.3 is 0 Å². The standard InChI is InChI=1S/C12H12N6O3/c1-7(9-3-5-10(6-4-9)18(20)21)14-16-12-13-11(19)8(2)15-17-12/h3-6H,1-2H3,(H2,13,16,17,19)/b14-7+. The third-order valence-corrected chi connectivity index (χ3v) is 2.69. The SMILES string of the molecule is C/C(=N\Nc1nnc(C)c(=O)[nH]1)c1ccc([N+](=O)[O-])cc1. The van der Waals surface area contributed by atoms with Gasteiger partial charge in [-0.05, 0) is 31.5 Å². The molecule has 0 aliphatic rings. The zero-order valence-corrected chi connectivity index (χ0v) is 11.3. The van der Waals surface area contributed by atoms with Gasteiger partial charge in [0.15, 0.2) is 0 Å². The van der Waals surface area contributed by atoms with Gasteiger partial charge in [0, 0.05) is 12.1 Å². The first-order valence-corrected chi connectivity index (χ1v) is 5.96. The summed E-state index contributed by atoms with van der Waals surface area (Å²) in [7, 11) is 0. The summed E-state index contributed by atoms with van der Waals surface area (Å²) in [5.41, 5.74) is 3.77. The molecule has 2 rings (SSSR count). The van der Waals surface area contributed by atoms with Crippen molar-refractivity contribution < 1.29 is 4.92 Å². The molecule has 0 atom stereocenters. The second-order valence-electron chi connectivity index (χ2n) is 4.20. The van der Waals surface area contributed by atoms with Crippen LogP contribution in [-0.2, 0) is 0 Å². The number of aryl methyl sites for hydroxylation is 1. The second kappa shape index (κ2) is 5.90. The molecule has 2 N–H and O–H groups in total. The van der Waals surface area contributed by atoms with Gasteiger partial charge in [-0.3, -0.25) is 19.9 Å². The number of nitro groups is 1. The van der Waals surface area contributed by atoms with Crippen LogP contribution in [-0.4, -0.2) is 25.8 Å². The molecule has 21 heavy (non-hydrogen) atoms. The number of benzene rings is 1. The van der Waals surface area contributed by atoms with Crippen LogP contribution in [0, 0.1) is 17.0 Å². The Morgan fingerprint density at radius 1 is 1.33 bits per heavy atom. The number of hydrogen-bond donors (Lipinski definition) is 2. The average molecular weight is 288 g/mol. The monoisotopic (exact) mass is 288 g/mol. The van der Waals surface area contributed by atoms with Crippen molar-refractivity contribution >= 4 is 17.3 Å². The summed E-state index contributed by atoms with van der Waals surface area (Å²) in [5, 5.41) is 22.0. The summed E-state index contributed by atoms with van der Waals surface area (Å²) in [6, 6.07) is 5.95. The number of aromatic nitrogens is 3. The third-order valence-electron chi connectivity index (χ3n) is 2.69. The quantitative estimate of drug-likeness (QED) is 0.494. The molecule has 1 heterocycles. The number of nitro benzene ring substituents is 1. The fourth-order valence-electron chi connectivity index (χ4n) is 1.47. The summed E-state index contributed by atoms with van der Waals surface area (Å²) >= 11 is 0. The van der Waals surface area contributed by atoms with E-state index < -0.39 is 4.92 Å². The van der Waals surface area contributed by atoms with Crippen LogP contribution in [0.5, 0.6) is 0 Å². The molecule has 0 saturated carbocycles. The molecular formula is C12H12N6O3. The Kier molecular flexibility index (Phi) is 4.02. The van der Waals surface area contributed by atoms with Crippen LogP contribution in [0.1, 0.15) is 18.2 Å². The molecule has 1 aromatic heterocycles. The fourth-order valence-corrected chi connectivity index (χ4v) is 1.47. The smallest absolute Gasteiger partial charge is 0.274 e. The first kappa shape index (κ1) is 14.3. The Morgan fingerprint density at radius 3 is 2.57 bits per heavy atom. The first-order chi connectivity index (χ1) is 9.97. The molecule has 0 amide bonds. The molecule has 0 bridgehead atoms. The Hall–Kier alpha value is -3.10. The maximum atomic E-state index is 11.3. The van der Waals surface area contributed by atoms with Crippen molar-refractivity contribution in [2.75, 3.05) is 5.43 Å². The van der Waals surface area contributed by atoms with Crippen molar-refractivity contribution in [1.82, 2.24) is 15.2 Å². The number of hydrogen-bond acceptors (Lipinski definition) is 7. The minimum absolute atomic E-state index is 0.00763. The molecule has 0 spiro atoms. The van der Waals surface area contributed by atoms with Crippen molar-refractivity contribution in [3.8, 4) is 0 Å². The van der Waals surface area contributed by atoms with Crippen LogP contribution in [0.25, 0.3) is 0 Å². The predicted molar refractivity (Wildman–Crippen MR) is 76.3 cm³/mol. The normalized spacial score (nSPS) is 11.2. The van der Waals surface area contributed by atoms with Crippen LogP contribution in [0.3, 0.4) is 0 Å². The Morgan fingerprint density at radius 2 is 2.00 bits per heavy atom. The average Bonchev–Trinajstić information content (AvgIpc) is 2.48. The Bertz CT molecular complexity index is 750. The van der Waals surface area contributed by atoms with E-state index in [9.17, 15) is 14.9 Å². The number of H-pyrrole nitrogens is 1. The van der Waals surface area contributed by atoms with E-state index in [-0.39, 0.29) is 22.9 Å². The number of nitrogens with zero attached hydrogens (tertiary/aromatic N) is 4. The molecule has 0 saturated heterocycles. The topological polar surface area (TPSA) is 126 Å². The molecule has 0 fully saturated rings. The zero-order valence-electron chi connectivity index (χ0n) is 11.3. The van der Waals surface area contributed by atoms with E-state index in [0.29, 0.717) is 11.3 Å². The minimum Gasteiger partial charge on any atom is -0.288 e. The first-order valence-electron chi connectivity index (χ1n) is 5.96. The largest absolute Gasteiger partial charge is 0.288 e. The molecule has 0 radical (unpaired) electrons. The molecule has 1 aromatic carbocycles. The van der Waals surface area contributed by atoms with Gasteiger partial charge >= 0.3 is 0 Å². The maximum Gasteiger partial charge on any atom is 0.274 e. The summed E-state index contributed by atoms with van der Waals surface area (Å²) in [4.78, 5) is 23.9. The van der Waals surface area contributed by atoms with Gasteiger partial charge in [-0.1, -0.05) is 0 Å². The van der Waals surface area contributed by atoms with Crippen molar-refractivity contribution in [3.63, 3.8) is 0 Å². The second-order valence-corrected chi connectivity index (χ2v) is 4.20. The van der Waals surface area contributed by atoms with Crippen LogP contribution in [0.4, 0.5) is 11.6 Å². The van der Waals surface area contributed by atoms with E-state index in [0.717, 1.165) is 0 Å². The van der Waals surface area contributed by atoms with E-state index in [2.05, 4.69) is 25.7 Å². The highest BCUT2D eigenvalue weighted by atomic mass is 16.6. The van der Waals surface area contributed by atoms with E-state index in [4.69, 9.17) is 0 Å². The van der Waals surface area contributed by atoms with Crippen LogP contribution >= 0.6 is 0 Å². The summed E-state index contributed by atoms with van der Waals surface area (Å²) < 4.78 is 0. The van der Waals surface area contributed by atoms with Crippen LogP contribution in [0.15, 0.2) is 34.2 Å². The highest BCUT2D eigenvalue weighted by molar-refractivity contribution is 5.99. The Balaban J connectivity index is 2.15. The highest BCUT2D eigenvalue weighted by Gasteiger charge is 2.05. The van der Waals surface area contributed by atoms with Crippen molar-refractivity contribution in [2.24, 2.45) is 5.10 Å². The Labute approximate surface area is 118 Å². The summed E-state index contributed by atoms with van der Waals surface area (Å²) in [5.74, 6) is 0.117. The number of nitrogens with one attached hydrogen (secondary N) is 2. The number of anilines is 1. The molecule has 0 aliphatic heterocycles.